The summed E-state index contributed by atoms with van der Waals surface area (Å²) >= 11 is 9.75. The summed E-state index contributed by atoms with van der Waals surface area (Å²) in [4.78, 5) is 37.4. The predicted molar refractivity (Wildman–Crippen MR) is 138 cm³/mol. The lowest BCUT2D eigenvalue weighted by atomic mass is 10.2. The minimum absolute atomic E-state index is 0.0156. The van der Waals surface area contributed by atoms with E-state index in [2.05, 4.69) is 21.2 Å². The number of methoxy groups -OCH3 is 1. The van der Waals surface area contributed by atoms with Crippen LogP contribution in [0.15, 0.2) is 45.8 Å². The molecule has 0 aliphatic carbocycles. The summed E-state index contributed by atoms with van der Waals surface area (Å²) in [6.07, 6.45) is 1.45. The third-order valence-corrected chi connectivity index (χ3v) is 6.59. The zero-order valence-electron chi connectivity index (χ0n) is 18.3. The number of aryl methyl sites for hydroxylation is 1. The number of benzene rings is 2. The van der Waals surface area contributed by atoms with Gasteiger partial charge in [0.1, 0.15) is 4.32 Å². The van der Waals surface area contributed by atoms with Crippen molar-refractivity contribution < 1.29 is 29.0 Å². The molecule has 3 rings (SSSR count). The lowest BCUT2D eigenvalue weighted by molar-refractivity contribution is -0.137. The summed E-state index contributed by atoms with van der Waals surface area (Å²) in [6, 6.07) is 10.8. The van der Waals surface area contributed by atoms with Crippen LogP contribution in [0.2, 0.25) is 0 Å². The number of nitrogens with zero attached hydrogens (tertiary/aromatic N) is 1. The van der Waals surface area contributed by atoms with Crippen LogP contribution in [0.5, 0.6) is 11.5 Å². The first-order chi connectivity index (χ1) is 16.2. The zero-order chi connectivity index (χ0) is 24.8. The quantitative estimate of drug-likeness (QED) is 0.339. The molecule has 0 radical (unpaired) electrons. The Morgan fingerprint density at radius 2 is 2.06 bits per heavy atom. The number of thioether (sulfide) groups is 1. The SMILES string of the molecule is COc1cc(/C=C2\SC(=S)N(CCC(=O)O)C2=O)cc(Br)c1OCC(=O)Nc1cccc(C)c1. The number of hydrogen-bond acceptors (Lipinski definition) is 7. The van der Waals surface area contributed by atoms with Gasteiger partial charge in [-0.25, -0.2) is 0 Å². The Hall–Kier alpha value is -2.89. The molecule has 0 bridgehead atoms. The summed E-state index contributed by atoms with van der Waals surface area (Å²) in [6.45, 7) is 1.72. The lowest BCUT2D eigenvalue weighted by Gasteiger charge is -2.14. The van der Waals surface area contributed by atoms with E-state index in [1.54, 1.807) is 24.3 Å². The number of anilines is 1. The molecule has 1 fully saturated rings. The molecule has 178 valence electrons. The Kier molecular flexibility index (Phi) is 8.70. The van der Waals surface area contributed by atoms with Gasteiger partial charge in [-0.15, -0.1) is 0 Å². The molecule has 0 atom stereocenters. The van der Waals surface area contributed by atoms with E-state index in [0.29, 0.717) is 36.4 Å². The van der Waals surface area contributed by atoms with Crippen LogP contribution in [0.4, 0.5) is 5.69 Å². The van der Waals surface area contributed by atoms with Crippen molar-refractivity contribution in [2.45, 2.75) is 13.3 Å². The summed E-state index contributed by atoms with van der Waals surface area (Å²) < 4.78 is 12.0. The second-order valence-electron chi connectivity index (χ2n) is 7.22. The number of aliphatic carboxylic acids is 1. The fourth-order valence-electron chi connectivity index (χ4n) is 3.07. The van der Waals surface area contributed by atoms with Gasteiger partial charge in [-0.05, 0) is 64.3 Å². The standard InChI is InChI=1S/C23H21BrN2O6S2/c1-13-4-3-5-15(8-13)25-19(27)12-32-21-16(24)9-14(10-17(21)31-2)11-18-22(30)26(23(33)34-18)7-6-20(28)29/h3-5,8-11H,6-7,12H2,1-2H3,(H,25,27)(H,28,29)/b18-11-. The Balaban J connectivity index is 1.72. The number of thiocarbonyl (C=S) groups is 1. The normalized spacial score (nSPS) is 14.4. The van der Waals surface area contributed by atoms with Crippen LogP contribution in [0.3, 0.4) is 0 Å². The van der Waals surface area contributed by atoms with Crippen molar-refractivity contribution in [3.05, 3.63) is 56.9 Å². The van der Waals surface area contributed by atoms with Crippen molar-refractivity contribution in [1.82, 2.24) is 4.90 Å². The van der Waals surface area contributed by atoms with E-state index in [9.17, 15) is 14.4 Å². The van der Waals surface area contributed by atoms with Gasteiger partial charge < -0.3 is 19.9 Å². The lowest BCUT2D eigenvalue weighted by Crippen LogP contribution is -2.30. The summed E-state index contributed by atoms with van der Waals surface area (Å²) in [7, 11) is 1.47. The van der Waals surface area contributed by atoms with Crippen LogP contribution in [-0.2, 0) is 14.4 Å². The largest absolute Gasteiger partial charge is 0.493 e. The van der Waals surface area contributed by atoms with Gasteiger partial charge in [-0.1, -0.05) is 36.1 Å². The fourth-order valence-corrected chi connectivity index (χ4v) is 4.96. The van der Waals surface area contributed by atoms with Gasteiger partial charge >= 0.3 is 5.97 Å². The van der Waals surface area contributed by atoms with Gasteiger partial charge in [-0.2, -0.15) is 0 Å². The average molecular weight is 565 g/mol. The highest BCUT2D eigenvalue weighted by Gasteiger charge is 2.32. The fraction of sp³-hybridized carbons (Fsp3) is 0.217. The molecule has 0 spiro atoms. The van der Waals surface area contributed by atoms with Crippen LogP contribution in [0, 0.1) is 6.92 Å². The van der Waals surface area contributed by atoms with Crippen LogP contribution in [0.25, 0.3) is 6.08 Å². The van der Waals surface area contributed by atoms with Crippen molar-refractivity contribution in [1.29, 1.82) is 0 Å². The highest BCUT2D eigenvalue weighted by atomic mass is 79.9. The van der Waals surface area contributed by atoms with Crippen molar-refractivity contribution in [2.24, 2.45) is 0 Å². The second-order valence-corrected chi connectivity index (χ2v) is 9.75. The number of hydrogen-bond donors (Lipinski definition) is 2. The minimum atomic E-state index is -1.00. The number of carboxylic acids is 1. The molecule has 2 aromatic carbocycles. The second kappa shape index (κ2) is 11.5. The smallest absolute Gasteiger partial charge is 0.305 e. The van der Waals surface area contributed by atoms with E-state index in [1.807, 2.05) is 25.1 Å². The summed E-state index contributed by atoms with van der Waals surface area (Å²) in [5.41, 5.74) is 2.34. The Labute approximate surface area is 214 Å². The van der Waals surface area contributed by atoms with E-state index >= 15 is 0 Å². The Morgan fingerprint density at radius 1 is 1.29 bits per heavy atom. The minimum Gasteiger partial charge on any atom is -0.493 e. The number of carbonyl (C=O) groups is 3. The van der Waals surface area contributed by atoms with E-state index in [-0.39, 0.29) is 31.4 Å². The Morgan fingerprint density at radius 3 is 2.74 bits per heavy atom. The predicted octanol–water partition coefficient (Wildman–Crippen LogP) is 4.46. The van der Waals surface area contributed by atoms with Crippen LogP contribution in [-0.4, -0.2) is 52.4 Å². The molecule has 8 nitrogen and oxygen atoms in total. The average Bonchev–Trinajstić information content (AvgIpc) is 3.03. The monoisotopic (exact) mass is 564 g/mol. The maximum Gasteiger partial charge on any atom is 0.305 e. The molecule has 11 heteroatoms. The van der Waals surface area contributed by atoms with E-state index in [1.165, 1.54) is 12.0 Å². The molecule has 2 N–H and O–H groups in total. The summed E-state index contributed by atoms with van der Waals surface area (Å²) in [5.74, 6) is -0.971. The third-order valence-electron chi connectivity index (χ3n) is 4.62. The molecular formula is C23H21BrN2O6S2. The number of nitrogens with one attached hydrogen (secondary N) is 1. The number of halogens is 1. The molecule has 0 saturated carbocycles. The van der Waals surface area contributed by atoms with Crippen molar-refractivity contribution in [3.8, 4) is 11.5 Å². The summed E-state index contributed by atoms with van der Waals surface area (Å²) in [5, 5.41) is 11.6. The molecule has 1 aliphatic heterocycles. The van der Waals surface area contributed by atoms with Gasteiger partial charge in [0.15, 0.2) is 18.1 Å². The maximum atomic E-state index is 12.6. The molecule has 1 heterocycles. The molecule has 2 aromatic rings. The van der Waals surface area contributed by atoms with Gasteiger partial charge in [0.25, 0.3) is 11.8 Å². The number of ether oxygens (including phenoxy) is 2. The van der Waals surface area contributed by atoms with Crippen LogP contribution >= 0.6 is 39.9 Å². The number of carbonyl (C=O) groups excluding carboxylic acids is 2. The molecule has 34 heavy (non-hydrogen) atoms. The van der Waals surface area contributed by atoms with Crippen molar-refractivity contribution in [2.75, 3.05) is 25.6 Å². The third kappa shape index (κ3) is 6.58. The highest BCUT2D eigenvalue weighted by Crippen LogP contribution is 2.39. The zero-order valence-corrected chi connectivity index (χ0v) is 21.5. The van der Waals surface area contributed by atoms with Gasteiger partial charge in [0.2, 0.25) is 0 Å². The number of carboxylic acid groups (broad SMARTS) is 1. The maximum absolute atomic E-state index is 12.6. The topological polar surface area (TPSA) is 105 Å². The molecule has 0 aromatic heterocycles. The first kappa shape index (κ1) is 25.7. The molecule has 2 amide bonds. The van der Waals surface area contributed by atoms with E-state index in [0.717, 1.165) is 17.3 Å². The molecule has 0 unspecified atom stereocenters. The first-order valence-corrected chi connectivity index (χ1v) is 12.0. The number of amides is 2. The van der Waals surface area contributed by atoms with E-state index < -0.39 is 5.97 Å². The van der Waals surface area contributed by atoms with Crippen LogP contribution in [0.1, 0.15) is 17.5 Å². The highest BCUT2D eigenvalue weighted by molar-refractivity contribution is 9.10. The van der Waals surface area contributed by atoms with Gasteiger partial charge in [0.05, 0.1) is 22.9 Å². The molecule has 1 aliphatic rings. The van der Waals surface area contributed by atoms with Crippen LogP contribution < -0.4 is 14.8 Å². The van der Waals surface area contributed by atoms with E-state index in [4.69, 9.17) is 26.8 Å². The van der Waals surface area contributed by atoms with Gasteiger partial charge in [-0.3, -0.25) is 19.3 Å². The van der Waals surface area contributed by atoms with Crippen molar-refractivity contribution >= 4 is 73.8 Å². The number of rotatable bonds is 9. The molecule has 1 saturated heterocycles. The Bertz CT molecular complexity index is 1180. The molecular weight excluding hydrogens is 544 g/mol. The van der Waals surface area contributed by atoms with Crippen molar-refractivity contribution in [3.63, 3.8) is 0 Å². The first-order valence-electron chi connectivity index (χ1n) is 10.0. The van der Waals surface area contributed by atoms with Gasteiger partial charge in [0, 0.05) is 12.2 Å².